The van der Waals surface area contributed by atoms with Gasteiger partial charge < -0.3 is 19.8 Å². The summed E-state index contributed by atoms with van der Waals surface area (Å²) in [6, 6.07) is 16.4. The monoisotopic (exact) mass is 619 g/mol. The lowest BCUT2D eigenvalue weighted by molar-refractivity contribution is -0.144. The number of rotatable bonds is 9. The molecule has 43 heavy (non-hydrogen) atoms. The summed E-state index contributed by atoms with van der Waals surface area (Å²) >= 11 is 7.77. The molecule has 0 saturated carbocycles. The highest BCUT2D eigenvalue weighted by atomic mass is 35.5. The average molecular weight is 620 g/mol. The van der Waals surface area contributed by atoms with Gasteiger partial charge in [-0.25, -0.2) is 0 Å². The maximum absolute atomic E-state index is 14.6. The SMILES string of the molecule is C[C@@]12C=CCN(Cc3ccccc3)C(=O)[C@@H]1[C@H]1C(=O)N(CCCCCCO)C3C(=O)N(c4ccc(Cl)cc4)CC=C[C@@]31S2. The molecule has 1 unspecified atom stereocenters. The number of likely N-dealkylation sites (tertiary alicyclic amines) is 1. The number of halogens is 1. The van der Waals surface area contributed by atoms with Crippen molar-refractivity contribution < 1.29 is 19.5 Å². The second-order valence-electron chi connectivity index (χ2n) is 12.1. The summed E-state index contributed by atoms with van der Waals surface area (Å²) in [4.78, 5) is 49.0. The van der Waals surface area contributed by atoms with Crippen LogP contribution in [0.3, 0.4) is 0 Å². The van der Waals surface area contributed by atoms with Crippen LogP contribution in [0, 0.1) is 11.8 Å². The van der Waals surface area contributed by atoms with Crippen molar-refractivity contribution in [1.82, 2.24) is 9.80 Å². The standard InChI is InChI=1S/C34H38ClN3O4S/c1-33-17-9-19-36(23-24-11-5-4-6-12-24)30(40)27(33)28-31(41)38(20-7-2-3-8-22-39)29-32(42)37(21-10-18-34(28,29)43-33)26-15-13-25(35)14-16-26/h4-6,9-18,27-29,39H,2-3,7-8,19-23H2,1H3/t27-,28-,29?,33+,34-/m0/s1. The molecule has 226 valence electrons. The molecule has 5 atom stereocenters. The molecule has 9 heteroatoms. The first-order valence-corrected chi connectivity index (χ1v) is 16.3. The summed E-state index contributed by atoms with van der Waals surface area (Å²) in [6.07, 6.45) is 11.3. The number of nitrogens with zero attached hydrogens (tertiary/aromatic N) is 3. The number of aliphatic hydroxyl groups is 1. The summed E-state index contributed by atoms with van der Waals surface area (Å²) in [7, 11) is 0. The van der Waals surface area contributed by atoms with Crippen LogP contribution in [0.5, 0.6) is 0 Å². The third-order valence-corrected chi connectivity index (χ3v) is 11.4. The van der Waals surface area contributed by atoms with Crippen LogP contribution >= 0.6 is 23.4 Å². The van der Waals surface area contributed by atoms with Crippen molar-refractivity contribution in [1.29, 1.82) is 0 Å². The molecule has 0 aromatic heterocycles. The van der Waals surface area contributed by atoms with E-state index >= 15 is 0 Å². The van der Waals surface area contributed by atoms with E-state index in [-0.39, 0.29) is 24.3 Å². The van der Waals surface area contributed by atoms with Crippen LogP contribution in [0.15, 0.2) is 78.9 Å². The Bertz CT molecular complexity index is 1430. The highest BCUT2D eigenvalue weighted by Crippen LogP contribution is 2.65. The molecule has 0 aliphatic carbocycles. The van der Waals surface area contributed by atoms with E-state index in [1.54, 1.807) is 33.7 Å². The zero-order chi connectivity index (χ0) is 30.2. The maximum atomic E-state index is 14.6. The Labute approximate surface area is 262 Å². The number of benzene rings is 2. The summed E-state index contributed by atoms with van der Waals surface area (Å²) in [6.45, 7) is 3.94. The van der Waals surface area contributed by atoms with Crippen molar-refractivity contribution in [2.45, 2.75) is 54.7 Å². The fourth-order valence-corrected chi connectivity index (χ4v) is 9.64. The third-order valence-electron chi connectivity index (χ3n) is 9.30. The molecule has 0 radical (unpaired) electrons. The summed E-state index contributed by atoms with van der Waals surface area (Å²) < 4.78 is -1.52. The Kier molecular flexibility index (Phi) is 8.46. The number of hydrogen-bond acceptors (Lipinski definition) is 5. The molecule has 4 heterocycles. The van der Waals surface area contributed by atoms with Crippen LogP contribution in [-0.4, -0.2) is 74.4 Å². The molecule has 2 fully saturated rings. The van der Waals surface area contributed by atoms with Gasteiger partial charge in [0.15, 0.2) is 0 Å². The lowest BCUT2D eigenvalue weighted by atomic mass is 9.74. The van der Waals surface area contributed by atoms with Gasteiger partial charge in [-0.2, -0.15) is 0 Å². The highest BCUT2D eigenvalue weighted by Gasteiger charge is 2.73. The first-order chi connectivity index (χ1) is 20.8. The molecule has 1 spiro atoms. The maximum Gasteiger partial charge on any atom is 0.251 e. The predicted octanol–water partition coefficient (Wildman–Crippen LogP) is 5.08. The number of hydrogen-bond donors (Lipinski definition) is 1. The molecule has 7 nitrogen and oxygen atoms in total. The third kappa shape index (κ3) is 5.32. The topological polar surface area (TPSA) is 81.2 Å². The van der Waals surface area contributed by atoms with Crippen molar-refractivity contribution in [3.8, 4) is 0 Å². The minimum Gasteiger partial charge on any atom is -0.396 e. The Hall–Kier alpha value is -3.07. The smallest absolute Gasteiger partial charge is 0.251 e. The van der Waals surface area contributed by atoms with Gasteiger partial charge in [0.25, 0.3) is 5.91 Å². The molecular weight excluding hydrogens is 582 g/mol. The van der Waals surface area contributed by atoms with Crippen LogP contribution in [0.4, 0.5) is 5.69 Å². The van der Waals surface area contributed by atoms with Crippen molar-refractivity contribution in [2.75, 3.05) is 31.1 Å². The molecule has 2 aromatic rings. The molecule has 0 bridgehead atoms. The zero-order valence-electron chi connectivity index (χ0n) is 24.4. The molecule has 4 aliphatic heterocycles. The van der Waals surface area contributed by atoms with Crippen molar-refractivity contribution in [3.63, 3.8) is 0 Å². The van der Waals surface area contributed by atoms with Crippen molar-refractivity contribution in [2.24, 2.45) is 11.8 Å². The van der Waals surface area contributed by atoms with Gasteiger partial charge in [-0.3, -0.25) is 14.4 Å². The minimum atomic E-state index is -0.879. The van der Waals surface area contributed by atoms with Crippen molar-refractivity contribution in [3.05, 3.63) is 89.5 Å². The van der Waals surface area contributed by atoms with Gasteiger partial charge >= 0.3 is 0 Å². The Morgan fingerprint density at radius 3 is 2.33 bits per heavy atom. The first kappa shape index (κ1) is 30.0. The number of amides is 3. The van der Waals surface area contributed by atoms with Gasteiger partial charge in [0, 0.05) is 48.2 Å². The second kappa shape index (κ2) is 12.1. The van der Waals surface area contributed by atoms with Crippen molar-refractivity contribution >= 4 is 46.8 Å². The van der Waals surface area contributed by atoms with Crippen LogP contribution < -0.4 is 4.90 Å². The van der Waals surface area contributed by atoms with Crippen LogP contribution in [0.2, 0.25) is 5.02 Å². The van der Waals surface area contributed by atoms with E-state index in [1.165, 1.54) is 0 Å². The van der Waals surface area contributed by atoms with E-state index in [0.717, 1.165) is 30.5 Å². The fraction of sp³-hybridized carbons (Fsp3) is 0.441. The normalized spacial score (nSPS) is 29.9. The second-order valence-corrected chi connectivity index (χ2v) is 14.3. The predicted molar refractivity (Wildman–Crippen MR) is 171 cm³/mol. The van der Waals surface area contributed by atoms with Gasteiger partial charge in [0.05, 0.1) is 16.6 Å². The number of aliphatic hydroxyl groups excluding tert-OH is 1. The lowest BCUT2D eigenvalue weighted by Gasteiger charge is -2.37. The van der Waals surface area contributed by atoms with E-state index in [2.05, 4.69) is 19.1 Å². The quantitative estimate of drug-likeness (QED) is 0.313. The Balaban J connectivity index is 1.38. The molecule has 3 amide bonds. The molecule has 6 rings (SSSR count). The summed E-state index contributed by atoms with van der Waals surface area (Å²) in [5, 5.41) is 9.81. The number of anilines is 1. The summed E-state index contributed by atoms with van der Waals surface area (Å²) in [5.41, 5.74) is 1.76. The largest absolute Gasteiger partial charge is 0.396 e. The van der Waals surface area contributed by atoms with Gasteiger partial charge in [-0.05, 0) is 49.6 Å². The molecule has 2 saturated heterocycles. The number of carbonyl (C=O) groups excluding carboxylic acids is 3. The fourth-order valence-electron chi connectivity index (χ4n) is 7.36. The van der Waals surface area contributed by atoms with E-state index < -0.39 is 27.4 Å². The number of unbranched alkanes of at least 4 members (excludes halogenated alkanes) is 3. The van der Waals surface area contributed by atoms with E-state index in [1.807, 2.05) is 59.5 Å². The average Bonchev–Trinajstić information content (AvgIpc) is 3.26. The van der Waals surface area contributed by atoms with Gasteiger partial charge in [-0.1, -0.05) is 79.1 Å². The van der Waals surface area contributed by atoms with E-state index in [4.69, 9.17) is 11.6 Å². The number of fused-ring (bicyclic) bond motifs is 2. The van der Waals surface area contributed by atoms with E-state index in [0.29, 0.717) is 37.6 Å². The molecule has 2 aromatic carbocycles. The number of carbonyl (C=O) groups is 3. The zero-order valence-corrected chi connectivity index (χ0v) is 26.0. The summed E-state index contributed by atoms with van der Waals surface area (Å²) in [5.74, 6) is -1.56. The minimum absolute atomic E-state index is 0.0396. The van der Waals surface area contributed by atoms with Gasteiger partial charge in [0.1, 0.15) is 6.04 Å². The molecule has 4 aliphatic rings. The molecule has 1 N–H and O–H groups in total. The highest BCUT2D eigenvalue weighted by molar-refractivity contribution is 8.02. The van der Waals surface area contributed by atoms with Gasteiger partial charge in [0.2, 0.25) is 11.8 Å². The van der Waals surface area contributed by atoms with Gasteiger partial charge in [-0.15, -0.1) is 11.8 Å². The first-order valence-electron chi connectivity index (χ1n) is 15.2. The van der Waals surface area contributed by atoms with Crippen LogP contribution in [0.1, 0.15) is 38.2 Å². The van der Waals surface area contributed by atoms with Crippen LogP contribution in [0.25, 0.3) is 0 Å². The van der Waals surface area contributed by atoms with E-state index in [9.17, 15) is 19.5 Å². The number of thioether (sulfide) groups is 1. The molecular formula is C34H38ClN3O4S. The van der Waals surface area contributed by atoms with Crippen LogP contribution in [-0.2, 0) is 20.9 Å². The Morgan fingerprint density at radius 1 is 0.860 bits per heavy atom. The Morgan fingerprint density at radius 2 is 1.58 bits per heavy atom. The lowest BCUT2D eigenvalue weighted by Crippen LogP contribution is -2.53.